The van der Waals surface area contributed by atoms with Crippen molar-refractivity contribution in [3.05, 3.63) is 40.7 Å². The molecule has 4 N–H and O–H groups in total. The van der Waals surface area contributed by atoms with E-state index in [0.717, 1.165) is 5.56 Å². The number of rotatable bonds is 2. The van der Waals surface area contributed by atoms with Gasteiger partial charge in [0.2, 0.25) is 5.95 Å². The van der Waals surface area contributed by atoms with Crippen molar-refractivity contribution in [3.63, 3.8) is 0 Å². The molecule has 3 rings (SSSR count). The van der Waals surface area contributed by atoms with E-state index in [0.29, 0.717) is 17.0 Å². The number of fused-ring (bicyclic) bond motifs is 1. The molecule has 2 aromatic heterocycles. The van der Waals surface area contributed by atoms with Gasteiger partial charge >= 0.3 is 5.56 Å². The third-order valence-corrected chi connectivity index (χ3v) is 2.92. The summed E-state index contributed by atoms with van der Waals surface area (Å²) in [6.07, 6.45) is 0. The summed E-state index contributed by atoms with van der Waals surface area (Å²) in [5, 5.41) is 0. The van der Waals surface area contributed by atoms with Crippen LogP contribution in [0.5, 0.6) is 0 Å². The van der Waals surface area contributed by atoms with Crippen molar-refractivity contribution in [2.45, 2.75) is 0 Å². The minimum atomic E-state index is -0.393. The maximum absolute atomic E-state index is 11.9. The highest BCUT2D eigenvalue weighted by atomic mass is 16.1. The second-order valence-corrected chi connectivity index (χ2v) is 4.09. The highest BCUT2D eigenvalue weighted by Crippen LogP contribution is 2.18. The summed E-state index contributed by atoms with van der Waals surface area (Å²) >= 11 is 0. The maximum atomic E-state index is 11.9. The molecule has 0 aliphatic rings. The Balaban J connectivity index is 2.30. The number of aromatic nitrogens is 4. The topological polar surface area (TPSA) is 102 Å². The summed E-state index contributed by atoms with van der Waals surface area (Å²) in [5.74, 6) is 6.21. The summed E-state index contributed by atoms with van der Waals surface area (Å²) in [4.78, 5) is 23.1. The van der Waals surface area contributed by atoms with Crippen LogP contribution in [-0.4, -0.2) is 19.5 Å². The zero-order valence-electron chi connectivity index (χ0n) is 10.2. The van der Waals surface area contributed by atoms with Crippen LogP contribution in [0.4, 0.5) is 5.95 Å². The Morgan fingerprint density at radius 1 is 1.26 bits per heavy atom. The number of nitrogens with zero attached hydrogens (tertiary/aromatic N) is 3. The van der Waals surface area contributed by atoms with Gasteiger partial charge < -0.3 is 4.98 Å². The standard InChI is InChI=1S/C12H12N6O/c1-18-10-8(11(19)16-12(18)17-13)14-9(15-10)7-5-3-2-4-6-7/h2-6H,13H2,1H3,(H,14,15)(H,16,17,19). The van der Waals surface area contributed by atoms with Gasteiger partial charge in [-0.2, -0.15) is 4.98 Å². The van der Waals surface area contributed by atoms with Crippen LogP contribution < -0.4 is 16.8 Å². The summed E-state index contributed by atoms with van der Waals surface area (Å²) in [7, 11) is 1.74. The van der Waals surface area contributed by atoms with Crippen molar-refractivity contribution in [2.75, 3.05) is 5.43 Å². The summed E-state index contributed by atoms with van der Waals surface area (Å²) in [6, 6.07) is 9.57. The lowest BCUT2D eigenvalue weighted by Crippen LogP contribution is -2.20. The lowest BCUT2D eigenvalue weighted by Gasteiger charge is -2.05. The van der Waals surface area contributed by atoms with E-state index >= 15 is 0 Å². The molecule has 0 bridgehead atoms. The van der Waals surface area contributed by atoms with Gasteiger partial charge in [-0.1, -0.05) is 30.3 Å². The molecule has 0 radical (unpaired) electrons. The van der Waals surface area contributed by atoms with E-state index in [-0.39, 0.29) is 5.95 Å². The number of benzene rings is 1. The smallest absolute Gasteiger partial charge is 0.300 e. The van der Waals surface area contributed by atoms with Gasteiger partial charge in [0.1, 0.15) is 5.82 Å². The molecule has 0 saturated heterocycles. The number of hydrogen-bond acceptors (Lipinski definition) is 5. The van der Waals surface area contributed by atoms with Gasteiger partial charge in [-0.15, -0.1) is 0 Å². The fourth-order valence-corrected chi connectivity index (χ4v) is 1.95. The predicted octanol–water partition coefficient (Wildman–Crippen LogP) is 0.609. The van der Waals surface area contributed by atoms with E-state index in [9.17, 15) is 4.79 Å². The molecule has 3 aromatic rings. The monoisotopic (exact) mass is 256 g/mol. The molecule has 19 heavy (non-hydrogen) atoms. The molecular formula is C12H12N6O. The zero-order chi connectivity index (χ0) is 13.4. The molecule has 0 aliphatic carbocycles. The number of hydrazine groups is 1. The average Bonchev–Trinajstić information content (AvgIpc) is 2.90. The average molecular weight is 256 g/mol. The highest BCUT2D eigenvalue weighted by Gasteiger charge is 2.13. The Hall–Kier alpha value is -2.67. The van der Waals surface area contributed by atoms with E-state index in [1.165, 1.54) is 0 Å². The van der Waals surface area contributed by atoms with Gasteiger partial charge in [0, 0.05) is 12.6 Å². The highest BCUT2D eigenvalue weighted by molar-refractivity contribution is 5.76. The fourth-order valence-electron chi connectivity index (χ4n) is 1.95. The van der Waals surface area contributed by atoms with Gasteiger partial charge in [0.15, 0.2) is 11.2 Å². The molecule has 0 fully saturated rings. The van der Waals surface area contributed by atoms with Crippen LogP contribution >= 0.6 is 0 Å². The van der Waals surface area contributed by atoms with Crippen molar-refractivity contribution < 1.29 is 0 Å². The number of hydrogen-bond donors (Lipinski definition) is 3. The third kappa shape index (κ3) is 1.76. The first-order chi connectivity index (χ1) is 9.20. The largest absolute Gasteiger partial charge is 0.332 e. The van der Waals surface area contributed by atoms with Crippen LogP contribution in [0.2, 0.25) is 0 Å². The van der Waals surface area contributed by atoms with E-state index < -0.39 is 5.56 Å². The predicted molar refractivity (Wildman–Crippen MR) is 72.4 cm³/mol. The quantitative estimate of drug-likeness (QED) is 0.460. The van der Waals surface area contributed by atoms with Crippen LogP contribution in [0.15, 0.2) is 35.1 Å². The molecule has 96 valence electrons. The van der Waals surface area contributed by atoms with E-state index in [1.807, 2.05) is 30.3 Å². The van der Waals surface area contributed by atoms with Crippen molar-refractivity contribution in [3.8, 4) is 11.4 Å². The van der Waals surface area contributed by atoms with Crippen LogP contribution in [0.1, 0.15) is 0 Å². The molecule has 0 atom stereocenters. The van der Waals surface area contributed by atoms with E-state index in [1.54, 1.807) is 11.6 Å². The van der Waals surface area contributed by atoms with Gasteiger partial charge in [0.25, 0.3) is 0 Å². The number of imidazole rings is 1. The molecule has 0 spiro atoms. The fraction of sp³-hybridized carbons (Fsp3) is 0.0833. The Bertz CT molecular complexity index is 789. The minimum Gasteiger partial charge on any atom is -0.332 e. The lowest BCUT2D eigenvalue weighted by atomic mass is 10.2. The molecule has 0 saturated carbocycles. The first-order valence-electron chi connectivity index (χ1n) is 5.69. The minimum absolute atomic E-state index is 0.267. The number of nitrogens with two attached hydrogens (primary N) is 1. The summed E-state index contributed by atoms with van der Waals surface area (Å²) < 4.78 is 1.62. The van der Waals surface area contributed by atoms with Crippen LogP contribution in [0, 0.1) is 0 Å². The Labute approximate surface area is 108 Å². The van der Waals surface area contributed by atoms with Gasteiger partial charge in [-0.05, 0) is 0 Å². The number of aromatic amines is 1. The Morgan fingerprint density at radius 2 is 2.00 bits per heavy atom. The van der Waals surface area contributed by atoms with Crippen molar-refractivity contribution in [1.29, 1.82) is 0 Å². The lowest BCUT2D eigenvalue weighted by molar-refractivity contribution is 0.888. The molecule has 0 aliphatic heterocycles. The number of nitrogen functional groups attached to an aromatic ring is 1. The molecule has 0 amide bonds. The van der Waals surface area contributed by atoms with Crippen LogP contribution in [0.3, 0.4) is 0 Å². The summed E-state index contributed by atoms with van der Waals surface area (Å²) in [5.41, 5.74) is 3.75. The normalized spacial score (nSPS) is 10.8. The number of anilines is 1. The molecule has 7 heteroatoms. The molecule has 7 nitrogen and oxygen atoms in total. The summed E-state index contributed by atoms with van der Waals surface area (Å²) in [6.45, 7) is 0. The molecule has 1 aromatic carbocycles. The number of nitrogens with one attached hydrogen (secondary N) is 2. The van der Waals surface area contributed by atoms with Gasteiger partial charge in [0.05, 0.1) is 0 Å². The van der Waals surface area contributed by atoms with Crippen LogP contribution in [0.25, 0.3) is 22.6 Å². The number of H-pyrrole nitrogens is 1. The molecule has 0 unspecified atom stereocenters. The van der Waals surface area contributed by atoms with Crippen molar-refractivity contribution in [1.82, 2.24) is 19.5 Å². The van der Waals surface area contributed by atoms with Crippen molar-refractivity contribution in [2.24, 2.45) is 12.9 Å². The third-order valence-electron chi connectivity index (χ3n) is 2.92. The number of aryl methyl sites for hydroxylation is 1. The second-order valence-electron chi connectivity index (χ2n) is 4.09. The molecular weight excluding hydrogens is 244 g/mol. The molecule has 2 heterocycles. The van der Waals surface area contributed by atoms with Crippen molar-refractivity contribution >= 4 is 17.1 Å². The van der Waals surface area contributed by atoms with E-state index in [2.05, 4.69) is 20.4 Å². The Morgan fingerprint density at radius 3 is 2.68 bits per heavy atom. The SMILES string of the molecule is Cn1c(NN)nc(=O)c2[nH]c(-c3ccccc3)nc21. The Kier molecular flexibility index (Phi) is 2.53. The first kappa shape index (κ1) is 11.4. The maximum Gasteiger partial charge on any atom is 0.300 e. The van der Waals surface area contributed by atoms with Gasteiger partial charge in [-0.25, -0.2) is 10.8 Å². The first-order valence-corrected chi connectivity index (χ1v) is 5.69. The van der Waals surface area contributed by atoms with E-state index in [4.69, 9.17) is 5.84 Å². The van der Waals surface area contributed by atoms with Gasteiger partial charge in [-0.3, -0.25) is 14.8 Å². The van der Waals surface area contributed by atoms with Crippen LogP contribution in [-0.2, 0) is 7.05 Å². The zero-order valence-corrected chi connectivity index (χ0v) is 10.2. The second kappa shape index (κ2) is 4.21.